The zero-order valence-electron chi connectivity index (χ0n) is 5.93. The van der Waals surface area contributed by atoms with E-state index in [-0.39, 0.29) is 9.29 Å². The molecule has 0 aliphatic heterocycles. The molecule has 0 aliphatic rings. The van der Waals surface area contributed by atoms with E-state index in [9.17, 15) is 9.59 Å². The van der Waals surface area contributed by atoms with Crippen LogP contribution in [0.3, 0.4) is 0 Å². The van der Waals surface area contributed by atoms with Crippen molar-refractivity contribution in [3.63, 3.8) is 0 Å². The van der Waals surface area contributed by atoms with Crippen molar-refractivity contribution in [3.8, 4) is 0 Å². The van der Waals surface area contributed by atoms with Gasteiger partial charge in [0.25, 0.3) is 0 Å². The van der Waals surface area contributed by atoms with E-state index in [1.807, 2.05) is 6.92 Å². The third-order valence-corrected chi connectivity index (χ3v) is 4.05. The second-order valence-electron chi connectivity index (χ2n) is 1.66. The Labute approximate surface area is 59.6 Å². The van der Waals surface area contributed by atoms with E-state index in [2.05, 4.69) is 0 Å². The summed E-state index contributed by atoms with van der Waals surface area (Å²) in [5.41, 5.74) is 0. The van der Waals surface area contributed by atoms with Gasteiger partial charge in [-0.3, -0.25) is 0 Å². The first-order valence-corrected chi connectivity index (χ1v) is 4.99. The Hall–Kier alpha value is -0.128. The van der Waals surface area contributed by atoms with E-state index < -0.39 is 14.1 Å². The molecule has 0 atom stereocenters. The van der Waals surface area contributed by atoms with Gasteiger partial charge < -0.3 is 0 Å². The van der Waals surface area contributed by atoms with Crippen LogP contribution in [0.2, 0.25) is 5.28 Å². The van der Waals surface area contributed by atoms with Gasteiger partial charge in [-0.15, -0.1) is 0 Å². The molecule has 0 aliphatic carbocycles. The SMILES string of the molecule is C[CH2][Cr]([C](C)=O)[C](C)=O. The van der Waals surface area contributed by atoms with Gasteiger partial charge in [-0.2, -0.15) is 0 Å². The first-order valence-electron chi connectivity index (χ1n) is 2.81. The van der Waals surface area contributed by atoms with Crippen molar-refractivity contribution in [2.45, 2.75) is 26.1 Å². The molecule has 3 heteroatoms. The van der Waals surface area contributed by atoms with Crippen molar-refractivity contribution in [2.24, 2.45) is 0 Å². The summed E-state index contributed by atoms with van der Waals surface area (Å²) in [7, 11) is 0. The number of carbonyl (C=O) groups is 2. The summed E-state index contributed by atoms with van der Waals surface area (Å²) < 4.78 is 0.204. The zero-order valence-corrected chi connectivity index (χ0v) is 7.21. The third-order valence-electron chi connectivity index (χ3n) is 0.983. The van der Waals surface area contributed by atoms with Gasteiger partial charge in [-0.25, -0.2) is 0 Å². The number of rotatable bonds is 3. The molecule has 0 heterocycles. The van der Waals surface area contributed by atoms with Crippen LogP contribution in [0.15, 0.2) is 0 Å². The van der Waals surface area contributed by atoms with Gasteiger partial charge in [0.2, 0.25) is 0 Å². The van der Waals surface area contributed by atoms with Crippen molar-refractivity contribution in [1.82, 2.24) is 0 Å². The van der Waals surface area contributed by atoms with Gasteiger partial charge in [0.15, 0.2) is 0 Å². The van der Waals surface area contributed by atoms with Gasteiger partial charge in [-0.05, 0) is 0 Å². The minimum atomic E-state index is -1.51. The number of hydrogen-bond donors (Lipinski definition) is 0. The van der Waals surface area contributed by atoms with Gasteiger partial charge in [0.05, 0.1) is 0 Å². The summed E-state index contributed by atoms with van der Waals surface area (Å²) in [6, 6.07) is 0. The van der Waals surface area contributed by atoms with Crippen LogP contribution < -0.4 is 0 Å². The molecule has 0 rings (SSSR count). The van der Waals surface area contributed by atoms with Crippen LogP contribution in [-0.2, 0) is 23.7 Å². The zero-order chi connectivity index (χ0) is 7.44. The summed E-state index contributed by atoms with van der Waals surface area (Å²) in [6.07, 6.45) is 0. The Morgan fingerprint density at radius 2 is 1.56 bits per heavy atom. The summed E-state index contributed by atoms with van der Waals surface area (Å²) in [4.78, 5) is 21.3. The van der Waals surface area contributed by atoms with Crippen LogP contribution in [0.4, 0.5) is 0 Å². The average molecular weight is 167 g/mol. The van der Waals surface area contributed by atoms with Gasteiger partial charge in [0.1, 0.15) is 0 Å². The Bertz CT molecular complexity index is 117. The molecule has 0 unspecified atom stereocenters. The number of carbonyl (C=O) groups excluding carboxylic acids is 2. The molecule has 0 saturated carbocycles. The van der Waals surface area contributed by atoms with Crippen molar-refractivity contribution >= 4 is 9.29 Å². The molecule has 2 nitrogen and oxygen atoms in total. The maximum absolute atomic E-state index is 10.7. The quantitative estimate of drug-likeness (QED) is 0.631. The Balaban J connectivity index is 3.99. The number of hydrogen-bond acceptors (Lipinski definition) is 2. The first-order chi connectivity index (χ1) is 4.09. The first kappa shape index (κ1) is 8.87. The van der Waals surface area contributed by atoms with E-state index >= 15 is 0 Å². The minimum absolute atomic E-state index is 0.102. The Kier molecular flexibility index (Phi) is 3.76. The maximum atomic E-state index is 10.7. The molecular weight excluding hydrogens is 156 g/mol. The van der Waals surface area contributed by atoms with E-state index in [1.54, 1.807) is 0 Å². The van der Waals surface area contributed by atoms with Crippen molar-refractivity contribution in [3.05, 3.63) is 0 Å². The summed E-state index contributed by atoms with van der Waals surface area (Å²) in [6.45, 7) is 4.92. The fraction of sp³-hybridized carbons (Fsp3) is 0.667. The molecule has 0 radical (unpaired) electrons. The molecule has 9 heavy (non-hydrogen) atoms. The fourth-order valence-corrected chi connectivity index (χ4v) is 2.51. The van der Waals surface area contributed by atoms with Gasteiger partial charge in [0, 0.05) is 0 Å². The van der Waals surface area contributed by atoms with E-state index in [0.29, 0.717) is 0 Å². The molecule has 0 N–H and O–H groups in total. The molecule has 53 valence electrons. The van der Waals surface area contributed by atoms with Crippen LogP contribution in [0, 0.1) is 0 Å². The third kappa shape index (κ3) is 2.79. The molecule has 0 fully saturated rings. The van der Waals surface area contributed by atoms with Crippen LogP contribution in [0.25, 0.3) is 0 Å². The monoisotopic (exact) mass is 167 g/mol. The van der Waals surface area contributed by atoms with E-state index in [0.717, 1.165) is 5.28 Å². The van der Waals surface area contributed by atoms with Gasteiger partial charge in [-0.1, -0.05) is 0 Å². The van der Waals surface area contributed by atoms with Crippen LogP contribution in [0.5, 0.6) is 0 Å². The summed E-state index contributed by atoms with van der Waals surface area (Å²) in [5, 5.41) is 0.755. The molecule has 0 aromatic heterocycles. The van der Waals surface area contributed by atoms with E-state index in [1.165, 1.54) is 13.8 Å². The normalized spacial score (nSPS) is 9.78. The average Bonchev–Trinajstić information content (AvgIpc) is 1.64. The van der Waals surface area contributed by atoms with Gasteiger partial charge >= 0.3 is 59.1 Å². The predicted octanol–water partition coefficient (Wildman–Crippen LogP) is 1.14. The van der Waals surface area contributed by atoms with Crippen LogP contribution >= 0.6 is 0 Å². The molecule has 0 bridgehead atoms. The Morgan fingerprint density at radius 1 is 1.22 bits per heavy atom. The summed E-state index contributed by atoms with van der Waals surface area (Å²) >= 11 is -1.51. The van der Waals surface area contributed by atoms with Crippen molar-refractivity contribution in [2.75, 3.05) is 0 Å². The molecular formula is C6H11CrO2. The second kappa shape index (κ2) is 3.81. The predicted molar refractivity (Wildman–Crippen MR) is 31.8 cm³/mol. The van der Waals surface area contributed by atoms with Crippen molar-refractivity contribution < 1.29 is 23.7 Å². The van der Waals surface area contributed by atoms with Crippen LogP contribution in [-0.4, -0.2) is 9.29 Å². The molecule has 0 aromatic rings. The molecule has 0 aromatic carbocycles. The summed E-state index contributed by atoms with van der Waals surface area (Å²) in [5.74, 6) is 0. The second-order valence-corrected chi connectivity index (χ2v) is 5.58. The molecule has 0 amide bonds. The molecule has 0 spiro atoms. The van der Waals surface area contributed by atoms with E-state index in [4.69, 9.17) is 0 Å². The standard InChI is InChI=1S/2C2H3O.C2H5.Cr/c2*1-2-3;1-2;/h2*1H3;1H2,2H3;. The molecule has 0 saturated heterocycles. The van der Waals surface area contributed by atoms with Crippen LogP contribution in [0.1, 0.15) is 20.8 Å². The fourth-order valence-electron chi connectivity index (χ4n) is 0.609. The topological polar surface area (TPSA) is 34.1 Å². The van der Waals surface area contributed by atoms with Crippen molar-refractivity contribution in [1.29, 1.82) is 0 Å². The Morgan fingerprint density at radius 3 is 1.56 bits per heavy atom.